The van der Waals surface area contributed by atoms with Gasteiger partial charge in [0.15, 0.2) is 0 Å². The molecule has 1 aliphatic rings. The Morgan fingerprint density at radius 3 is 3.00 bits per heavy atom. The molecule has 96 valence electrons. The third kappa shape index (κ3) is 6.46. The highest BCUT2D eigenvalue weighted by Gasteiger charge is 2.13. The molecule has 2 atom stereocenters. The maximum absolute atomic E-state index is 5.61. The Morgan fingerprint density at radius 2 is 2.31 bits per heavy atom. The van der Waals surface area contributed by atoms with Crippen LogP contribution in [0.4, 0.5) is 0 Å². The summed E-state index contributed by atoms with van der Waals surface area (Å²) in [4.78, 5) is 0. The first-order chi connectivity index (χ1) is 7.83. The molecule has 0 saturated carbocycles. The molecule has 2 unspecified atom stereocenters. The molecule has 3 heteroatoms. The van der Waals surface area contributed by atoms with E-state index in [9.17, 15) is 0 Å². The summed E-state index contributed by atoms with van der Waals surface area (Å²) in [5, 5.41) is 3.46. The minimum atomic E-state index is 0.349. The van der Waals surface area contributed by atoms with Crippen LogP contribution in [0.25, 0.3) is 0 Å². The standard InChI is InChI=1S/C13H27NO2/c1-3-6-12(2)14-8-10-15-11-13-7-4-5-9-16-13/h12-14H,3-11H2,1-2H3. The first-order valence-electron chi connectivity index (χ1n) is 6.75. The molecule has 0 amide bonds. The molecule has 0 spiro atoms. The van der Waals surface area contributed by atoms with Gasteiger partial charge in [-0.3, -0.25) is 0 Å². The molecule has 0 bridgehead atoms. The fourth-order valence-electron chi connectivity index (χ4n) is 2.07. The fraction of sp³-hybridized carbons (Fsp3) is 1.00. The molecule has 16 heavy (non-hydrogen) atoms. The Balaban J connectivity index is 1.87. The summed E-state index contributed by atoms with van der Waals surface area (Å²) < 4.78 is 11.2. The monoisotopic (exact) mass is 229 g/mol. The van der Waals surface area contributed by atoms with Gasteiger partial charge in [-0.15, -0.1) is 0 Å². The average Bonchev–Trinajstić information content (AvgIpc) is 2.30. The van der Waals surface area contributed by atoms with Crippen LogP contribution in [-0.4, -0.2) is 38.5 Å². The summed E-state index contributed by atoms with van der Waals surface area (Å²) in [6.07, 6.45) is 6.50. The van der Waals surface area contributed by atoms with Gasteiger partial charge in [0.1, 0.15) is 0 Å². The Bertz CT molecular complexity index is 158. The van der Waals surface area contributed by atoms with Crippen LogP contribution in [0.3, 0.4) is 0 Å². The quantitative estimate of drug-likeness (QED) is 0.648. The van der Waals surface area contributed by atoms with Gasteiger partial charge in [-0.05, 0) is 32.6 Å². The van der Waals surface area contributed by atoms with Crippen molar-refractivity contribution in [3.8, 4) is 0 Å². The Labute approximate surface area is 99.9 Å². The minimum absolute atomic E-state index is 0.349. The topological polar surface area (TPSA) is 30.5 Å². The van der Waals surface area contributed by atoms with Crippen molar-refractivity contribution in [1.29, 1.82) is 0 Å². The van der Waals surface area contributed by atoms with Gasteiger partial charge in [0.2, 0.25) is 0 Å². The third-order valence-electron chi connectivity index (χ3n) is 3.04. The van der Waals surface area contributed by atoms with Gasteiger partial charge in [-0.1, -0.05) is 13.3 Å². The van der Waals surface area contributed by atoms with Gasteiger partial charge in [-0.25, -0.2) is 0 Å². The van der Waals surface area contributed by atoms with Gasteiger partial charge in [-0.2, -0.15) is 0 Å². The van der Waals surface area contributed by atoms with Gasteiger partial charge in [0, 0.05) is 19.2 Å². The molecule has 1 heterocycles. The lowest BCUT2D eigenvalue weighted by molar-refractivity contribution is -0.0400. The number of hydrogen-bond acceptors (Lipinski definition) is 3. The lowest BCUT2D eigenvalue weighted by atomic mass is 10.1. The van der Waals surface area contributed by atoms with E-state index in [4.69, 9.17) is 9.47 Å². The van der Waals surface area contributed by atoms with Crippen LogP contribution in [0.2, 0.25) is 0 Å². The molecule has 0 aromatic carbocycles. The van der Waals surface area contributed by atoms with E-state index in [2.05, 4.69) is 19.2 Å². The largest absolute Gasteiger partial charge is 0.377 e. The van der Waals surface area contributed by atoms with Crippen molar-refractivity contribution in [2.24, 2.45) is 0 Å². The Morgan fingerprint density at radius 1 is 1.44 bits per heavy atom. The smallest absolute Gasteiger partial charge is 0.0808 e. The van der Waals surface area contributed by atoms with Gasteiger partial charge in [0.05, 0.1) is 19.3 Å². The summed E-state index contributed by atoms with van der Waals surface area (Å²) in [5.74, 6) is 0. The lowest BCUT2D eigenvalue weighted by Gasteiger charge is -2.22. The van der Waals surface area contributed by atoms with E-state index in [0.29, 0.717) is 12.1 Å². The van der Waals surface area contributed by atoms with Crippen molar-refractivity contribution in [1.82, 2.24) is 5.32 Å². The first-order valence-corrected chi connectivity index (χ1v) is 6.75. The van der Waals surface area contributed by atoms with Crippen molar-refractivity contribution in [3.05, 3.63) is 0 Å². The van der Waals surface area contributed by atoms with Crippen LogP contribution in [0, 0.1) is 0 Å². The highest BCUT2D eigenvalue weighted by molar-refractivity contribution is 4.63. The molecular formula is C13H27NO2. The predicted octanol–water partition coefficient (Wildman–Crippen LogP) is 2.35. The number of ether oxygens (including phenoxy) is 2. The van der Waals surface area contributed by atoms with E-state index in [1.165, 1.54) is 32.1 Å². The molecule has 3 nitrogen and oxygen atoms in total. The van der Waals surface area contributed by atoms with Crippen molar-refractivity contribution in [2.45, 2.75) is 58.1 Å². The summed E-state index contributed by atoms with van der Waals surface area (Å²) >= 11 is 0. The van der Waals surface area contributed by atoms with Crippen LogP contribution < -0.4 is 5.32 Å². The molecule has 0 radical (unpaired) electrons. The van der Waals surface area contributed by atoms with Gasteiger partial charge >= 0.3 is 0 Å². The SMILES string of the molecule is CCCC(C)NCCOCC1CCCCO1. The fourth-order valence-corrected chi connectivity index (χ4v) is 2.07. The van der Waals surface area contributed by atoms with Crippen LogP contribution in [-0.2, 0) is 9.47 Å². The van der Waals surface area contributed by atoms with Crippen LogP contribution in [0.15, 0.2) is 0 Å². The summed E-state index contributed by atoms with van der Waals surface area (Å²) in [6.45, 7) is 7.88. The summed E-state index contributed by atoms with van der Waals surface area (Å²) in [5.41, 5.74) is 0. The van der Waals surface area contributed by atoms with Crippen LogP contribution in [0.5, 0.6) is 0 Å². The maximum atomic E-state index is 5.61. The molecule has 1 N–H and O–H groups in total. The molecule has 0 aromatic heterocycles. The first kappa shape index (κ1) is 13.9. The van der Waals surface area contributed by atoms with Crippen LogP contribution in [0.1, 0.15) is 46.0 Å². The number of hydrogen-bond donors (Lipinski definition) is 1. The maximum Gasteiger partial charge on any atom is 0.0808 e. The highest BCUT2D eigenvalue weighted by atomic mass is 16.5. The van der Waals surface area contributed by atoms with E-state index in [0.717, 1.165) is 26.4 Å². The molecule has 1 saturated heterocycles. The molecule has 1 aliphatic heterocycles. The van der Waals surface area contributed by atoms with Crippen LogP contribution >= 0.6 is 0 Å². The Kier molecular flexibility index (Phi) is 7.81. The van der Waals surface area contributed by atoms with E-state index in [1.54, 1.807) is 0 Å². The van der Waals surface area contributed by atoms with Gasteiger partial charge < -0.3 is 14.8 Å². The van der Waals surface area contributed by atoms with E-state index >= 15 is 0 Å². The zero-order chi connectivity index (χ0) is 11.6. The zero-order valence-corrected chi connectivity index (χ0v) is 10.8. The summed E-state index contributed by atoms with van der Waals surface area (Å²) in [6, 6.07) is 0.611. The third-order valence-corrected chi connectivity index (χ3v) is 3.04. The van der Waals surface area contributed by atoms with E-state index in [1.807, 2.05) is 0 Å². The number of nitrogens with one attached hydrogen (secondary N) is 1. The van der Waals surface area contributed by atoms with E-state index < -0.39 is 0 Å². The molecule has 1 fully saturated rings. The van der Waals surface area contributed by atoms with Gasteiger partial charge in [0.25, 0.3) is 0 Å². The zero-order valence-electron chi connectivity index (χ0n) is 10.8. The predicted molar refractivity (Wildman–Crippen MR) is 66.8 cm³/mol. The molecule has 0 aliphatic carbocycles. The van der Waals surface area contributed by atoms with Crippen molar-refractivity contribution >= 4 is 0 Å². The van der Waals surface area contributed by atoms with Crippen molar-refractivity contribution in [3.63, 3.8) is 0 Å². The molecule has 1 rings (SSSR count). The van der Waals surface area contributed by atoms with Crippen molar-refractivity contribution in [2.75, 3.05) is 26.4 Å². The second-order valence-corrected chi connectivity index (χ2v) is 4.71. The minimum Gasteiger partial charge on any atom is -0.377 e. The lowest BCUT2D eigenvalue weighted by Crippen LogP contribution is -2.31. The highest BCUT2D eigenvalue weighted by Crippen LogP contribution is 2.12. The van der Waals surface area contributed by atoms with Crippen molar-refractivity contribution < 1.29 is 9.47 Å². The summed E-state index contributed by atoms with van der Waals surface area (Å²) in [7, 11) is 0. The van der Waals surface area contributed by atoms with E-state index in [-0.39, 0.29) is 0 Å². The molecule has 0 aromatic rings. The second kappa shape index (κ2) is 8.97. The second-order valence-electron chi connectivity index (χ2n) is 4.71. The average molecular weight is 229 g/mol. The number of rotatable bonds is 8. The molecular weight excluding hydrogens is 202 g/mol. The normalized spacial score (nSPS) is 23.2. The Hall–Kier alpha value is -0.120.